The van der Waals surface area contributed by atoms with E-state index in [-0.39, 0.29) is 23.9 Å². The number of benzene rings is 2. The third-order valence-corrected chi connectivity index (χ3v) is 5.53. The summed E-state index contributed by atoms with van der Waals surface area (Å²) >= 11 is 0. The van der Waals surface area contributed by atoms with Crippen molar-refractivity contribution in [3.05, 3.63) is 71.8 Å². The molecule has 3 rings (SSSR count). The lowest BCUT2D eigenvalue weighted by molar-refractivity contribution is -0.896. The molecule has 6 nitrogen and oxygen atoms in total. The van der Waals surface area contributed by atoms with Gasteiger partial charge in [0.05, 0.1) is 26.2 Å². The molecule has 1 heterocycles. The van der Waals surface area contributed by atoms with Gasteiger partial charge in [-0.25, -0.2) is 0 Å². The van der Waals surface area contributed by atoms with Crippen LogP contribution in [-0.2, 0) is 9.59 Å². The maximum absolute atomic E-state index is 12.8. The van der Waals surface area contributed by atoms with E-state index in [1.165, 1.54) is 16.0 Å². The molecule has 2 aromatic carbocycles. The summed E-state index contributed by atoms with van der Waals surface area (Å²) in [5.74, 6) is 0.249. The fourth-order valence-electron chi connectivity index (χ4n) is 3.98. The first-order valence-corrected chi connectivity index (χ1v) is 10.9. The smallest absolute Gasteiger partial charge is 0.278 e. The second-order valence-corrected chi connectivity index (χ2v) is 8.27. The minimum absolute atomic E-state index is 0.0849. The topological polar surface area (TPSA) is 70.5 Å². The minimum Gasteiger partial charge on any atom is -0.349 e. The van der Waals surface area contributed by atoms with E-state index in [9.17, 15) is 9.59 Å². The molecule has 0 aromatic heterocycles. The zero-order valence-corrected chi connectivity index (χ0v) is 18.0. The molecule has 2 aromatic rings. The maximum atomic E-state index is 12.8. The summed E-state index contributed by atoms with van der Waals surface area (Å²) in [6.45, 7) is 7.89. The van der Waals surface area contributed by atoms with Crippen molar-refractivity contribution in [1.82, 2.24) is 10.2 Å². The van der Waals surface area contributed by atoms with Crippen LogP contribution in [0.15, 0.2) is 60.7 Å². The second kappa shape index (κ2) is 10.9. The SMILES string of the molecule is CC(C)NC(=O)C[NH+]1CCN(C(=O)C[NH2+]C(c2ccccc2)c2ccccc2)CC1. The number of amides is 2. The molecule has 0 radical (unpaired) electrons. The number of rotatable bonds is 8. The number of carbonyl (C=O) groups excluding carboxylic acids is 2. The highest BCUT2D eigenvalue weighted by Crippen LogP contribution is 2.17. The van der Waals surface area contributed by atoms with Crippen LogP contribution in [0.2, 0.25) is 0 Å². The van der Waals surface area contributed by atoms with Crippen LogP contribution < -0.4 is 15.5 Å². The Morgan fingerprint density at radius 2 is 1.50 bits per heavy atom. The van der Waals surface area contributed by atoms with Gasteiger partial charge < -0.3 is 20.4 Å². The van der Waals surface area contributed by atoms with Gasteiger partial charge in [-0.3, -0.25) is 9.59 Å². The van der Waals surface area contributed by atoms with Crippen molar-refractivity contribution in [3.8, 4) is 0 Å². The van der Waals surface area contributed by atoms with Crippen LogP contribution >= 0.6 is 0 Å². The lowest BCUT2D eigenvalue weighted by Gasteiger charge is -2.32. The maximum Gasteiger partial charge on any atom is 0.278 e. The molecule has 2 amide bonds. The Balaban J connectivity index is 1.52. The molecule has 1 aliphatic rings. The van der Waals surface area contributed by atoms with Crippen molar-refractivity contribution in [2.24, 2.45) is 0 Å². The predicted octanol–water partition coefficient (Wildman–Crippen LogP) is -0.409. The van der Waals surface area contributed by atoms with Crippen LogP contribution in [0.25, 0.3) is 0 Å². The third kappa shape index (κ3) is 6.40. The Morgan fingerprint density at radius 3 is 2.00 bits per heavy atom. The molecule has 30 heavy (non-hydrogen) atoms. The van der Waals surface area contributed by atoms with E-state index >= 15 is 0 Å². The van der Waals surface area contributed by atoms with E-state index in [4.69, 9.17) is 0 Å². The zero-order valence-electron chi connectivity index (χ0n) is 18.0. The Hall–Kier alpha value is -2.70. The first-order valence-electron chi connectivity index (χ1n) is 10.9. The minimum atomic E-state index is 0.0849. The average molecular weight is 411 g/mol. The van der Waals surface area contributed by atoms with Crippen molar-refractivity contribution in [1.29, 1.82) is 0 Å². The van der Waals surface area contributed by atoms with Crippen LogP contribution in [0.1, 0.15) is 31.0 Å². The van der Waals surface area contributed by atoms with E-state index in [2.05, 4.69) is 34.9 Å². The fraction of sp³-hybridized carbons (Fsp3) is 0.417. The monoisotopic (exact) mass is 410 g/mol. The highest BCUT2D eigenvalue weighted by molar-refractivity contribution is 5.77. The van der Waals surface area contributed by atoms with Crippen LogP contribution in [0.3, 0.4) is 0 Å². The van der Waals surface area contributed by atoms with Crippen LogP contribution in [0, 0.1) is 0 Å². The molecule has 160 valence electrons. The van der Waals surface area contributed by atoms with Gasteiger partial charge in [0.1, 0.15) is 6.04 Å². The van der Waals surface area contributed by atoms with Crippen LogP contribution in [0.4, 0.5) is 0 Å². The first-order chi connectivity index (χ1) is 14.5. The van der Waals surface area contributed by atoms with Gasteiger partial charge in [0, 0.05) is 17.2 Å². The summed E-state index contributed by atoms with van der Waals surface area (Å²) in [4.78, 5) is 28.0. The van der Waals surface area contributed by atoms with E-state index in [0.29, 0.717) is 26.2 Å². The normalized spacial score (nSPS) is 14.9. The first kappa shape index (κ1) is 22.0. The number of nitrogens with zero attached hydrogens (tertiary/aromatic N) is 1. The number of hydrogen-bond donors (Lipinski definition) is 3. The van der Waals surface area contributed by atoms with Gasteiger partial charge in [-0.15, -0.1) is 0 Å². The number of quaternary nitrogens is 2. The Bertz CT molecular complexity index is 763. The van der Waals surface area contributed by atoms with Crippen LogP contribution in [-0.4, -0.2) is 62.0 Å². The number of hydrogen-bond acceptors (Lipinski definition) is 2. The summed E-state index contributed by atoms with van der Waals surface area (Å²) in [6.07, 6.45) is 0. The molecule has 1 aliphatic heterocycles. The molecular formula is C24H34N4O2+2. The van der Waals surface area contributed by atoms with E-state index in [1.54, 1.807) is 0 Å². The largest absolute Gasteiger partial charge is 0.349 e. The Kier molecular flexibility index (Phi) is 7.99. The van der Waals surface area contributed by atoms with Crippen molar-refractivity contribution in [3.63, 3.8) is 0 Å². The molecule has 0 spiro atoms. The summed E-state index contributed by atoms with van der Waals surface area (Å²) in [5, 5.41) is 5.07. The lowest BCUT2D eigenvalue weighted by Crippen LogP contribution is -3.16. The molecule has 1 saturated heterocycles. The van der Waals surface area contributed by atoms with Gasteiger partial charge in [0.2, 0.25) is 0 Å². The van der Waals surface area contributed by atoms with Gasteiger partial charge >= 0.3 is 0 Å². The molecule has 6 heteroatoms. The van der Waals surface area contributed by atoms with Crippen molar-refractivity contribution in [2.45, 2.75) is 25.9 Å². The Labute approximate surface area is 179 Å². The Morgan fingerprint density at radius 1 is 0.967 bits per heavy atom. The van der Waals surface area contributed by atoms with Gasteiger partial charge in [-0.1, -0.05) is 60.7 Å². The lowest BCUT2D eigenvalue weighted by atomic mass is 9.99. The molecule has 0 aliphatic carbocycles. The molecule has 1 fully saturated rings. The summed E-state index contributed by atoms with van der Waals surface area (Å²) in [6, 6.07) is 20.9. The quantitative estimate of drug-likeness (QED) is 0.554. The molecule has 0 unspecified atom stereocenters. The van der Waals surface area contributed by atoms with Gasteiger partial charge in [-0.05, 0) is 13.8 Å². The van der Waals surface area contributed by atoms with Crippen molar-refractivity contribution in [2.75, 3.05) is 39.3 Å². The summed E-state index contributed by atoms with van der Waals surface area (Å²) in [7, 11) is 0. The van der Waals surface area contributed by atoms with Gasteiger partial charge in [0.25, 0.3) is 11.8 Å². The van der Waals surface area contributed by atoms with E-state index in [1.807, 2.05) is 55.1 Å². The standard InChI is InChI=1S/C24H32N4O2/c1-19(2)26-22(29)18-27-13-15-28(16-14-27)23(30)17-25-24(20-9-5-3-6-10-20)21-11-7-4-8-12-21/h3-12,19,24-25H,13-18H2,1-2H3,(H,26,29)/p+2. The van der Waals surface area contributed by atoms with E-state index in [0.717, 1.165) is 13.1 Å². The highest BCUT2D eigenvalue weighted by Gasteiger charge is 2.27. The molecule has 0 saturated carbocycles. The summed E-state index contributed by atoms with van der Waals surface area (Å²) in [5.41, 5.74) is 2.39. The number of piperazine rings is 1. The van der Waals surface area contributed by atoms with Crippen molar-refractivity contribution < 1.29 is 19.8 Å². The van der Waals surface area contributed by atoms with Crippen LogP contribution in [0.5, 0.6) is 0 Å². The fourth-order valence-corrected chi connectivity index (χ4v) is 3.98. The molecule has 4 N–H and O–H groups in total. The van der Waals surface area contributed by atoms with Gasteiger partial charge in [-0.2, -0.15) is 0 Å². The predicted molar refractivity (Wildman–Crippen MR) is 117 cm³/mol. The second-order valence-electron chi connectivity index (χ2n) is 8.27. The molecule has 0 bridgehead atoms. The third-order valence-electron chi connectivity index (χ3n) is 5.53. The van der Waals surface area contributed by atoms with Crippen molar-refractivity contribution >= 4 is 11.8 Å². The highest BCUT2D eigenvalue weighted by atomic mass is 16.2. The number of nitrogens with one attached hydrogen (secondary N) is 2. The zero-order chi connectivity index (χ0) is 21.3. The molecular weight excluding hydrogens is 376 g/mol. The average Bonchev–Trinajstić information content (AvgIpc) is 2.75. The summed E-state index contributed by atoms with van der Waals surface area (Å²) < 4.78 is 0. The molecule has 0 atom stereocenters. The number of carbonyl (C=O) groups is 2. The van der Waals surface area contributed by atoms with E-state index < -0.39 is 0 Å². The number of nitrogens with two attached hydrogens (primary N) is 1. The van der Waals surface area contributed by atoms with Gasteiger partial charge in [0.15, 0.2) is 13.1 Å².